The molecule has 2 rings (SSSR count). The Balaban J connectivity index is 2.45. The van der Waals surface area contributed by atoms with Gasteiger partial charge in [-0.25, -0.2) is 10.4 Å². The highest BCUT2D eigenvalue weighted by Gasteiger charge is 2.22. The molecule has 0 aliphatic carbocycles. The summed E-state index contributed by atoms with van der Waals surface area (Å²) in [6.45, 7) is 2.12. The van der Waals surface area contributed by atoms with Crippen molar-refractivity contribution in [3.05, 3.63) is 40.0 Å². The van der Waals surface area contributed by atoms with Gasteiger partial charge in [-0.2, -0.15) is 0 Å². The maximum absolute atomic E-state index is 5.68. The smallest absolute Gasteiger partial charge is 0.237 e. The lowest BCUT2D eigenvalue weighted by atomic mass is 10.1. The lowest BCUT2D eigenvalue weighted by Crippen LogP contribution is -2.30. The summed E-state index contributed by atoms with van der Waals surface area (Å²) in [6, 6.07) is 1.91. The highest BCUT2D eigenvalue weighted by Crippen LogP contribution is 2.31. The highest BCUT2D eigenvalue weighted by atomic mass is 32.1. The second-order valence-electron chi connectivity index (χ2n) is 3.71. The van der Waals surface area contributed by atoms with Crippen molar-refractivity contribution in [2.45, 2.75) is 19.4 Å². The van der Waals surface area contributed by atoms with Crippen molar-refractivity contribution in [1.82, 2.24) is 15.4 Å². The Hall–Kier alpha value is -1.50. The first-order valence-corrected chi connectivity index (χ1v) is 6.57. The van der Waals surface area contributed by atoms with E-state index in [9.17, 15) is 0 Å². The number of thiophene rings is 1. The minimum Gasteiger partial charge on any atom is -0.480 e. The van der Waals surface area contributed by atoms with E-state index in [0.29, 0.717) is 11.6 Å². The minimum absolute atomic E-state index is 0.191. The zero-order chi connectivity index (χ0) is 13.0. The van der Waals surface area contributed by atoms with Crippen LogP contribution in [0.25, 0.3) is 0 Å². The Morgan fingerprint density at radius 2 is 2.22 bits per heavy atom. The van der Waals surface area contributed by atoms with Gasteiger partial charge < -0.3 is 4.74 Å². The molecule has 1 atom stereocenters. The van der Waals surface area contributed by atoms with Crippen molar-refractivity contribution >= 4 is 11.3 Å². The van der Waals surface area contributed by atoms with Gasteiger partial charge in [0.2, 0.25) is 5.88 Å². The third-order valence-electron chi connectivity index (χ3n) is 2.75. The van der Waals surface area contributed by atoms with Gasteiger partial charge in [0.15, 0.2) is 0 Å². The molecule has 0 saturated carbocycles. The van der Waals surface area contributed by atoms with E-state index >= 15 is 0 Å². The van der Waals surface area contributed by atoms with Gasteiger partial charge in [0, 0.05) is 17.3 Å². The molecule has 6 heteroatoms. The summed E-state index contributed by atoms with van der Waals surface area (Å²) in [5.74, 6) is 6.17. The SMILES string of the molecule is CCc1ccsc1C(NN)c1nccnc1OC. The molecule has 2 heterocycles. The molecule has 0 amide bonds. The predicted octanol–water partition coefficient (Wildman–Crippen LogP) is 1.66. The number of ether oxygens (including phenoxy) is 1. The van der Waals surface area contributed by atoms with Gasteiger partial charge in [-0.1, -0.05) is 6.92 Å². The number of hydrazine groups is 1. The van der Waals surface area contributed by atoms with Crippen LogP contribution in [0.1, 0.15) is 29.1 Å². The van der Waals surface area contributed by atoms with Crippen LogP contribution >= 0.6 is 11.3 Å². The number of rotatable bonds is 5. The quantitative estimate of drug-likeness (QED) is 0.634. The topological polar surface area (TPSA) is 73.1 Å². The Bertz CT molecular complexity index is 514. The van der Waals surface area contributed by atoms with Crippen LogP contribution in [0.4, 0.5) is 0 Å². The van der Waals surface area contributed by atoms with Crippen molar-refractivity contribution in [2.24, 2.45) is 5.84 Å². The molecule has 0 fully saturated rings. The number of aryl methyl sites for hydroxylation is 1. The monoisotopic (exact) mass is 264 g/mol. The summed E-state index contributed by atoms with van der Waals surface area (Å²) >= 11 is 1.66. The Labute approximate surface area is 110 Å². The standard InChI is InChI=1S/C12H16N4OS/c1-3-8-4-7-18-11(8)9(16-13)10-12(17-2)15-6-5-14-10/h4-7,9,16H,3,13H2,1-2H3. The van der Waals surface area contributed by atoms with Crippen LogP contribution < -0.4 is 16.0 Å². The molecule has 5 nitrogen and oxygen atoms in total. The van der Waals surface area contributed by atoms with E-state index in [0.717, 1.165) is 11.3 Å². The number of nitrogens with one attached hydrogen (secondary N) is 1. The summed E-state index contributed by atoms with van der Waals surface area (Å²) < 4.78 is 5.24. The average Bonchev–Trinajstić information content (AvgIpc) is 2.88. The maximum Gasteiger partial charge on any atom is 0.237 e. The van der Waals surface area contributed by atoms with E-state index in [2.05, 4.69) is 33.8 Å². The van der Waals surface area contributed by atoms with Crippen LogP contribution in [0, 0.1) is 0 Å². The first-order chi connectivity index (χ1) is 8.81. The van der Waals surface area contributed by atoms with Crippen LogP contribution in [-0.4, -0.2) is 17.1 Å². The van der Waals surface area contributed by atoms with Gasteiger partial charge in [-0.05, 0) is 23.4 Å². The molecule has 0 aromatic carbocycles. The zero-order valence-corrected chi connectivity index (χ0v) is 11.2. The number of nitrogens with zero attached hydrogens (tertiary/aromatic N) is 2. The van der Waals surface area contributed by atoms with Crippen molar-refractivity contribution in [2.75, 3.05) is 7.11 Å². The molecule has 0 saturated heterocycles. The fourth-order valence-electron chi connectivity index (χ4n) is 1.86. The lowest BCUT2D eigenvalue weighted by Gasteiger charge is -2.17. The van der Waals surface area contributed by atoms with Crippen LogP contribution in [0.3, 0.4) is 0 Å². The number of hydrogen-bond acceptors (Lipinski definition) is 6. The van der Waals surface area contributed by atoms with E-state index in [1.165, 1.54) is 5.56 Å². The molecule has 3 N–H and O–H groups in total. The van der Waals surface area contributed by atoms with Gasteiger partial charge in [0.1, 0.15) is 11.7 Å². The van der Waals surface area contributed by atoms with E-state index in [1.807, 2.05) is 0 Å². The van der Waals surface area contributed by atoms with Crippen LogP contribution in [0.2, 0.25) is 0 Å². The molecular weight excluding hydrogens is 248 g/mol. The number of hydrogen-bond donors (Lipinski definition) is 2. The highest BCUT2D eigenvalue weighted by molar-refractivity contribution is 7.10. The molecule has 0 spiro atoms. The fourth-order valence-corrected chi connectivity index (χ4v) is 2.92. The van der Waals surface area contributed by atoms with E-state index < -0.39 is 0 Å². The summed E-state index contributed by atoms with van der Waals surface area (Å²) in [5.41, 5.74) is 4.77. The van der Waals surface area contributed by atoms with Gasteiger partial charge in [-0.3, -0.25) is 10.8 Å². The molecular formula is C12H16N4OS. The Morgan fingerprint density at radius 1 is 1.44 bits per heavy atom. The van der Waals surface area contributed by atoms with E-state index in [1.54, 1.807) is 30.8 Å². The summed E-state index contributed by atoms with van der Waals surface area (Å²) in [6.07, 6.45) is 4.20. The zero-order valence-electron chi connectivity index (χ0n) is 10.4. The van der Waals surface area contributed by atoms with E-state index in [-0.39, 0.29) is 6.04 Å². The van der Waals surface area contributed by atoms with Gasteiger partial charge >= 0.3 is 0 Å². The predicted molar refractivity (Wildman–Crippen MR) is 71.4 cm³/mol. The van der Waals surface area contributed by atoms with Gasteiger partial charge in [0.25, 0.3) is 0 Å². The van der Waals surface area contributed by atoms with Crippen molar-refractivity contribution in [3.8, 4) is 5.88 Å². The number of methoxy groups -OCH3 is 1. The van der Waals surface area contributed by atoms with Crippen molar-refractivity contribution < 1.29 is 4.74 Å². The van der Waals surface area contributed by atoms with Gasteiger partial charge in [0.05, 0.1) is 7.11 Å². The number of nitrogens with two attached hydrogens (primary N) is 1. The van der Waals surface area contributed by atoms with Crippen molar-refractivity contribution in [3.63, 3.8) is 0 Å². The molecule has 2 aromatic heterocycles. The molecule has 0 bridgehead atoms. The first kappa shape index (κ1) is 12.9. The lowest BCUT2D eigenvalue weighted by molar-refractivity contribution is 0.383. The minimum atomic E-state index is -0.191. The second-order valence-corrected chi connectivity index (χ2v) is 4.66. The molecule has 0 radical (unpaired) electrons. The average molecular weight is 264 g/mol. The molecule has 0 aliphatic rings. The normalized spacial score (nSPS) is 12.4. The van der Waals surface area contributed by atoms with Crippen LogP contribution in [0.15, 0.2) is 23.8 Å². The third-order valence-corrected chi connectivity index (χ3v) is 3.77. The molecule has 96 valence electrons. The van der Waals surface area contributed by atoms with Crippen molar-refractivity contribution in [1.29, 1.82) is 0 Å². The van der Waals surface area contributed by atoms with Crippen LogP contribution in [0.5, 0.6) is 5.88 Å². The van der Waals surface area contributed by atoms with Crippen LogP contribution in [-0.2, 0) is 6.42 Å². The molecule has 2 aromatic rings. The summed E-state index contributed by atoms with van der Waals surface area (Å²) in [5, 5.41) is 2.06. The largest absolute Gasteiger partial charge is 0.480 e. The fraction of sp³-hybridized carbons (Fsp3) is 0.333. The van der Waals surface area contributed by atoms with Gasteiger partial charge in [-0.15, -0.1) is 11.3 Å². The second kappa shape index (κ2) is 5.90. The number of aromatic nitrogens is 2. The summed E-state index contributed by atoms with van der Waals surface area (Å²) in [4.78, 5) is 9.64. The Morgan fingerprint density at radius 3 is 2.89 bits per heavy atom. The van der Waals surface area contributed by atoms with E-state index in [4.69, 9.17) is 10.6 Å². The molecule has 1 unspecified atom stereocenters. The molecule has 0 aliphatic heterocycles. The third kappa shape index (κ3) is 2.35. The first-order valence-electron chi connectivity index (χ1n) is 5.69. The Kier molecular flexibility index (Phi) is 4.24. The molecule has 18 heavy (non-hydrogen) atoms. The maximum atomic E-state index is 5.68. The summed E-state index contributed by atoms with van der Waals surface area (Å²) in [7, 11) is 1.58.